The van der Waals surface area contributed by atoms with E-state index in [9.17, 15) is 0 Å². The van der Waals surface area contributed by atoms with E-state index in [0.29, 0.717) is 0 Å². The van der Waals surface area contributed by atoms with E-state index in [-0.39, 0.29) is 0 Å². The van der Waals surface area contributed by atoms with Crippen LogP contribution in [0.5, 0.6) is 0 Å². The first-order chi connectivity index (χ1) is 8.74. The highest BCUT2D eigenvalue weighted by Gasteiger charge is 2.01. The third-order valence-corrected chi connectivity index (χ3v) is 4.74. The number of rotatable bonds is 8. The summed E-state index contributed by atoms with van der Waals surface area (Å²) in [7, 11) is 0. The van der Waals surface area contributed by atoms with Gasteiger partial charge in [-0.05, 0) is 24.8 Å². The molecule has 0 aliphatic rings. The zero-order valence-electron chi connectivity index (χ0n) is 10.9. The van der Waals surface area contributed by atoms with E-state index in [1.54, 1.807) is 0 Å². The molecule has 0 atom stereocenters. The molecule has 0 fully saturated rings. The van der Waals surface area contributed by atoms with Crippen LogP contribution in [0.1, 0.15) is 44.6 Å². The Bertz CT molecular complexity index is 344. The van der Waals surface area contributed by atoms with Crippen LogP contribution in [0.3, 0.4) is 0 Å². The van der Waals surface area contributed by atoms with Crippen molar-refractivity contribution in [2.24, 2.45) is 0 Å². The second kappa shape index (κ2) is 9.84. The van der Waals surface area contributed by atoms with Gasteiger partial charge in [-0.3, -0.25) is 0 Å². The molecule has 3 heteroatoms. The SMILES string of the molecule is CCCCCC/C=C/Cc1ccc(P(Cl)Cl)cc1. The molecule has 18 heavy (non-hydrogen) atoms. The Morgan fingerprint density at radius 1 is 1.00 bits per heavy atom. The lowest BCUT2D eigenvalue weighted by molar-refractivity contribution is 0.674. The highest BCUT2D eigenvalue weighted by Crippen LogP contribution is 2.45. The van der Waals surface area contributed by atoms with E-state index >= 15 is 0 Å². The number of benzene rings is 1. The van der Waals surface area contributed by atoms with Gasteiger partial charge in [-0.1, -0.05) is 85.1 Å². The van der Waals surface area contributed by atoms with Crippen molar-refractivity contribution in [3.8, 4) is 0 Å². The van der Waals surface area contributed by atoms with Crippen molar-refractivity contribution in [1.82, 2.24) is 0 Å². The molecular formula is C15H21Cl2P. The molecule has 0 unspecified atom stereocenters. The first-order valence-corrected chi connectivity index (χ1v) is 9.75. The Labute approximate surface area is 122 Å². The Morgan fingerprint density at radius 2 is 1.72 bits per heavy atom. The maximum Gasteiger partial charge on any atom is 0.116 e. The molecule has 0 N–H and O–H groups in total. The van der Waals surface area contributed by atoms with Crippen LogP contribution < -0.4 is 5.30 Å². The normalized spacial score (nSPS) is 11.6. The van der Waals surface area contributed by atoms with Crippen molar-refractivity contribution >= 4 is 34.4 Å². The van der Waals surface area contributed by atoms with Gasteiger partial charge in [0.25, 0.3) is 0 Å². The molecule has 1 aromatic carbocycles. The average Bonchev–Trinajstić information content (AvgIpc) is 2.38. The maximum absolute atomic E-state index is 5.86. The molecule has 1 rings (SSSR count). The van der Waals surface area contributed by atoms with E-state index in [1.165, 1.54) is 37.7 Å². The van der Waals surface area contributed by atoms with Gasteiger partial charge in [-0.2, -0.15) is 0 Å². The minimum Gasteiger partial charge on any atom is -0.0882 e. The van der Waals surface area contributed by atoms with Crippen LogP contribution in [0.25, 0.3) is 0 Å². The molecule has 100 valence electrons. The summed E-state index contributed by atoms with van der Waals surface area (Å²) in [5, 5.41) is 1.03. The lowest BCUT2D eigenvalue weighted by atomic mass is 10.1. The maximum atomic E-state index is 5.86. The predicted molar refractivity (Wildman–Crippen MR) is 86.3 cm³/mol. The number of unbranched alkanes of at least 4 members (excludes halogenated alkanes) is 4. The monoisotopic (exact) mass is 302 g/mol. The van der Waals surface area contributed by atoms with E-state index in [2.05, 4.69) is 31.2 Å². The van der Waals surface area contributed by atoms with Crippen molar-refractivity contribution in [2.75, 3.05) is 0 Å². The smallest absolute Gasteiger partial charge is 0.0882 e. The topological polar surface area (TPSA) is 0 Å². The van der Waals surface area contributed by atoms with Gasteiger partial charge in [0, 0.05) is 5.30 Å². The molecule has 0 radical (unpaired) electrons. The van der Waals surface area contributed by atoms with Crippen LogP contribution in [-0.4, -0.2) is 0 Å². The van der Waals surface area contributed by atoms with Crippen LogP contribution in [-0.2, 0) is 6.42 Å². The Morgan fingerprint density at radius 3 is 2.33 bits per heavy atom. The van der Waals surface area contributed by atoms with Crippen molar-refractivity contribution in [3.63, 3.8) is 0 Å². The lowest BCUT2D eigenvalue weighted by Gasteiger charge is -2.02. The molecule has 0 bridgehead atoms. The molecule has 0 heterocycles. The summed E-state index contributed by atoms with van der Waals surface area (Å²) in [5.41, 5.74) is 1.31. The minimum absolute atomic E-state index is 0.997. The van der Waals surface area contributed by atoms with E-state index in [1.807, 2.05) is 12.1 Å². The molecule has 1 aromatic rings. The molecule has 0 nitrogen and oxygen atoms in total. The fourth-order valence-electron chi connectivity index (χ4n) is 1.77. The van der Waals surface area contributed by atoms with Crippen LogP contribution in [0, 0.1) is 0 Å². The summed E-state index contributed by atoms with van der Waals surface area (Å²) in [6, 6.07) is 8.26. The van der Waals surface area contributed by atoms with Crippen LogP contribution in [0.2, 0.25) is 0 Å². The molecule has 0 saturated carbocycles. The third-order valence-electron chi connectivity index (χ3n) is 2.88. The van der Waals surface area contributed by atoms with Crippen LogP contribution in [0.4, 0.5) is 0 Å². The van der Waals surface area contributed by atoms with Gasteiger partial charge in [0.15, 0.2) is 0 Å². The molecule has 0 saturated heterocycles. The summed E-state index contributed by atoms with van der Waals surface area (Å²) < 4.78 is 0. The summed E-state index contributed by atoms with van der Waals surface area (Å²) in [4.78, 5) is 0. The highest BCUT2D eigenvalue weighted by molar-refractivity contribution is 8.08. The van der Waals surface area contributed by atoms with Crippen molar-refractivity contribution in [2.45, 2.75) is 45.4 Å². The predicted octanol–water partition coefficient (Wildman–Crippen LogP) is 6.17. The summed E-state index contributed by atoms with van der Waals surface area (Å²) >= 11 is 11.7. The molecule has 0 aliphatic carbocycles. The lowest BCUT2D eigenvalue weighted by Crippen LogP contribution is -1.94. The quantitative estimate of drug-likeness (QED) is 0.306. The first kappa shape index (κ1) is 16.0. The van der Waals surface area contributed by atoms with Gasteiger partial charge in [0.05, 0.1) is 0 Å². The standard InChI is InChI=1S/C15H21Cl2P/c1-2-3-4-5-6-7-8-9-14-10-12-15(13-11-14)18(16)17/h7-8,10-13H,2-6,9H2,1H3/b8-7+. The largest absolute Gasteiger partial charge is 0.116 e. The van der Waals surface area contributed by atoms with Crippen molar-refractivity contribution < 1.29 is 0 Å². The fraction of sp³-hybridized carbons (Fsp3) is 0.467. The summed E-state index contributed by atoms with van der Waals surface area (Å²) in [6.45, 7) is 1.24. The Hall–Kier alpha value is -0.0300. The molecule has 0 aliphatic heterocycles. The second-order valence-electron chi connectivity index (χ2n) is 4.42. The van der Waals surface area contributed by atoms with Crippen molar-refractivity contribution in [1.29, 1.82) is 0 Å². The van der Waals surface area contributed by atoms with Gasteiger partial charge >= 0.3 is 0 Å². The van der Waals surface area contributed by atoms with Gasteiger partial charge in [0.1, 0.15) is 6.63 Å². The third kappa shape index (κ3) is 6.78. The Balaban J connectivity index is 2.24. The zero-order chi connectivity index (χ0) is 13.2. The zero-order valence-corrected chi connectivity index (χ0v) is 13.3. The minimum atomic E-state index is -1.01. The van der Waals surface area contributed by atoms with Crippen LogP contribution in [0.15, 0.2) is 36.4 Å². The number of hydrogen-bond donors (Lipinski definition) is 0. The fourth-order valence-corrected chi connectivity index (χ4v) is 2.82. The van der Waals surface area contributed by atoms with Gasteiger partial charge < -0.3 is 0 Å². The van der Waals surface area contributed by atoms with E-state index in [0.717, 1.165) is 11.7 Å². The van der Waals surface area contributed by atoms with Crippen LogP contribution >= 0.6 is 29.1 Å². The Kier molecular flexibility index (Phi) is 8.76. The summed E-state index contributed by atoms with van der Waals surface area (Å²) in [6.07, 6.45) is 12.1. The van der Waals surface area contributed by atoms with E-state index in [4.69, 9.17) is 22.5 Å². The number of halogens is 2. The molecular weight excluding hydrogens is 282 g/mol. The molecule has 0 amide bonds. The first-order valence-electron chi connectivity index (χ1n) is 6.59. The van der Waals surface area contributed by atoms with Gasteiger partial charge in [-0.15, -0.1) is 0 Å². The van der Waals surface area contributed by atoms with E-state index < -0.39 is 6.63 Å². The van der Waals surface area contributed by atoms with Crippen molar-refractivity contribution in [3.05, 3.63) is 42.0 Å². The summed E-state index contributed by atoms with van der Waals surface area (Å²) in [5.74, 6) is 0. The average molecular weight is 303 g/mol. The molecule has 0 spiro atoms. The number of hydrogen-bond acceptors (Lipinski definition) is 0. The van der Waals surface area contributed by atoms with Gasteiger partial charge in [-0.25, -0.2) is 0 Å². The van der Waals surface area contributed by atoms with Gasteiger partial charge in [0.2, 0.25) is 0 Å². The second-order valence-corrected chi connectivity index (χ2v) is 7.95. The number of allylic oxidation sites excluding steroid dienone is 2. The highest BCUT2D eigenvalue weighted by atomic mass is 35.9. The molecule has 0 aromatic heterocycles.